The number of rotatable bonds is 3. The normalized spacial score (nSPS) is 24.8. The lowest BCUT2D eigenvalue weighted by atomic mass is 9.83. The first-order valence-corrected chi connectivity index (χ1v) is 6.85. The van der Waals surface area contributed by atoms with Crippen molar-refractivity contribution in [3.63, 3.8) is 0 Å². The monoisotopic (exact) mass is 253 g/mol. The Bertz CT molecular complexity index is 392. The van der Waals surface area contributed by atoms with Crippen LogP contribution in [-0.2, 0) is 6.42 Å². The molecule has 0 spiro atoms. The standard InChI is InChI=1S/C15H21F2N/c16-14-8-4-7-12(15(14)17)9-11-5-2-1-3-6-13(11)10-18/h4,7-8,11,13H,1-3,5-6,9-10,18H2. The van der Waals surface area contributed by atoms with Crippen molar-refractivity contribution in [1.82, 2.24) is 0 Å². The van der Waals surface area contributed by atoms with E-state index in [0.717, 1.165) is 12.8 Å². The van der Waals surface area contributed by atoms with Gasteiger partial charge in [-0.15, -0.1) is 0 Å². The van der Waals surface area contributed by atoms with Gasteiger partial charge in [0.1, 0.15) is 0 Å². The van der Waals surface area contributed by atoms with Gasteiger partial charge in [-0.05, 0) is 49.3 Å². The van der Waals surface area contributed by atoms with Crippen LogP contribution in [0.2, 0.25) is 0 Å². The van der Waals surface area contributed by atoms with E-state index >= 15 is 0 Å². The van der Waals surface area contributed by atoms with Gasteiger partial charge in [0.25, 0.3) is 0 Å². The average Bonchev–Trinajstić information content (AvgIpc) is 2.60. The topological polar surface area (TPSA) is 26.0 Å². The third-order valence-electron chi connectivity index (χ3n) is 4.13. The van der Waals surface area contributed by atoms with Gasteiger partial charge in [-0.2, -0.15) is 0 Å². The zero-order valence-corrected chi connectivity index (χ0v) is 10.7. The first-order chi connectivity index (χ1) is 8.72. The largest absolute Gasteiger partial charge is 0.330 e. The Morgan fingerprint density at radius 3 is 2.50 bits per heavy atom. The van der Waals surface area contributed by atoms with Gasteiger partial charge in [-0.25, -0.2) is 8.78 Å². The minimum atomic E-state index is -0.745. The lowest BCUT2D eigenvalue weighted by Gasteiger charge is -2.24. The Balaban J connectivity index is 2.12. The Morgan fingerprint density at radius 1 is 1.06 bits per heavy atom. The summed E-state index contributed by atoms with van der Waals surface area (Å²) < 4.78 is 26.9. The summed E-state index contributed by atoms with van der Waals surface area (Å²) in [6, 6.07) is 4.45. The van der Waals surface area contributed by atoms with Crippen LogP contribution in [-0.4, -0.2) is 6.54 Å². The van der Waals surface area contributed by atoms with Gasteiger partial charge in [0.15, 0.2) is 11.6 Å². The highest BCUT2D eigenvalue weighted by atomic mass is 19.2. The van der Waals surface area contributed by atoms with Gasteiger partial charge in [0.2, 0.25) is 0 Å². The van der Waals surface area contributed by atoms with Crippen molar-refractivity contribution in [2.75, 3.05) is 6.54 Å². The Morgan fingerprint density at radius 2 is 1.78 bits per heavy atom. The summed E-state index contributed by atoms with van der Waals surface area (Å²) >= 11 is 0. The number of hydrogen-bond acceptors (Lipinski definition) is 1. The second-order valence-corrected chi connectivity index (χ2v) is 5.31. The lowest BCUT2D eigenvalue weighted by molar-refractivity contribution is 0.314. The van der Waals surface area contributed by atoms with Crippen LogP contribution in [0, 0.1) is 23.5 Å². The van der Waals surface area contributed by atoms with Crippen LogP contribution in [0.5, 0.6) is 0 Å². The lowest BCUT2D eigenvalue weighted by Crippen LogP contribution is -2.24. The van der Waals surface area contributed by atoms with E-state index in [9.17, 15) is 8.78 Å². The van der Waals surface area contributed by atoms with E-state index in [1.807, 2.05) is 0 Å². The smallest absolute Gasteiger partial charge is 0.162 e. The van der Waals surface area contributed by atoms with Crippen LogP contribution in [0.3, 0.4) is 0 Å². The molecule has 0 heterocycles. The molecule has 100 valence electrons. The fraction of sp³-hybridized carbons (Fsp3) is 0.600. The molecule has 1 saturated carbocycles. The van der Waals surface area contributed by atoms with Crippen molar-refractivity contribution < 1.29 is 8.78 Å². The molecule has 1 aromatic rings. The fourth-order valence-corrected chi connectivity index (χ4v) is 3.03. The molecule has 1 aliphatic rings. The first-order valence-electron chi connectivity index (χ1n) is 6.85. The van der Waals surface area contributed by atoms with E-state index < -0.39 is 11.6 Å². The second kappa shape index (κ2) is 6.28. The summed E-state index contributed by atoms with van der Waals surface area (Å²) in [7, 11) is 0. The van der Waals surface area contributed by atoms with Crippen molar-refractivity contribution in [3.8, 4) is 0 Å². The van der Waals surface area contributed by atoms with E-state index in [1.165, 1.54) is 25.3 Å². The summed E-state index contributed by atoms with van der Waals surface area (Å²) in [6.45, 7) is 0.654. The van der Waals surface area contributed by atoms with Crippen LogP contribution < -0.4 is 5.73 Å². The molecule has 0 bridgehead atoms. The van der Waals surface area contributed by atoms with Crippen molar-refractivity contribution in [3.05, 3.63) is 35.4 Å². The van der Waals surface area contributed by atoms with E-state index in [4.69, 9.17) is 5.73 Å². The van der Waals surface area contributed by atoms with Crippen LogP contribution in [0.25, 0.3) is 0 Å². The maximum atomic E-state index is 13.7. The third kappa shape index (κ3) is 3.08. The average molecular weight is 253 g/mol. The van der Waals surface area contributed by atoms with E-state index in [2.05, 4.69) is 0 Å². The quantitative estimate of drug-likeness (QED) is 0.817. The molecule has 0 amide bonds. The van der Waals surface area contributed by atoms with Gasteiger partial charge in [-0.1, -0.05) is 31.4 Å². The van der Waals surface area contributed by atoms with Gasteiger partial charge in [0, 0.05) is 0 Å². The highest BCUT2D eigenvalue weighted by Gasteiger charge is 2.24. The van der Waals surface area contributed by atoms with E-state index in [-0.39, 0.29) is 0 Å². The highest BCUT2D eigenvalue weighted by Crippen LogP contribution is 2.31. The number of nitrogens with two attached hydrogens (primary N) is 1. The number of hydrogen-bond donors (Lipinski definition) is 1. The van der Waals surface area contributed by atoms with Crippen molar-refractivity contribution >= 4 is 0 Å². The van der Waals surface area contributed by atoms with E-state index in [1.54, 1.807) is 12.1 Å². The molecule has 1 aromatic carbocycles. The summed E-state index contributed by atoms with van der Waals surface area (Å²) in [5.74, 6) is -0.577. The molecule has 18 heavy (non-hydrogen) atoms. The van der Waals surface area contributed by atoms with Crippen molar-refractivity contribution in [1.29, 1.82) is 0 Å². The summed E-state index contributed by atoms with van der Waals surface area (Å²) in [6.07, 6.45) is 6.45. The second-order valence-electron chi connectivity index (χ2n) is 5.31. The minimum absolute atomic E-state index is 0.397. The zero-order valence-electron chi connectivity index (χ0n) is 10.7. The first kappa shape index (κ1) is 13.5. The number of benzene rings is 1. The van der Waals surface area contributed by atoms with Crippen molar-refractivity contribution in [2.24, 2.45) is 17.6 Å². The molecule has 0 aliphatic heterocycles. The minimum Gasteiger partial charge on any atom is -0.330 e. The zero-order chi connectivity index (χ0) is 13.0. The summed E-state index contributed by atoms with van der Waals surface area (Å²) in [4.78, 5) is 0. The van der Waals surface area contributed by atoms with Gasteiger partial charge in [-0.3, -0.25) is 0 Å². The highest BCUT2D eigenvalue weighted by molar-refractivity contribution is 5.19. The molecule has 3 heteroatoms. The van der Waals surface area contributed by atoms with Crippen LogP contribution >= 0.6 is 0 Å². The maximum absolute atomic E-state index is 13.7. The van der Waals surface area contributed by atoms with E-state index in [0.29, 0.717) is 30.4 Å². The fourth-order valence-electron chi connectivity index (χ4n) is 3.03. The molecular formula is C15H21F2N. The predicted octanol–water partition coefficient (Wildman–Crippen LogP) is 3.66. The molecule has 1 fully saturated rings. The maximum Gasteiger partial charge on any atom is 0.162 e. The molecule has 0 radical (unpaired) electrons. The molecule has 2 rings (SSSR count). The van der Waals surface area contributed by atoms with Crippen LogP contribution in [0.4, 0.5) is 8.78 Å². The van der Waals surface area contributed by atoms with Crippen molar-refractivity contribution in [2.45, 2.75) is 38.5 Å². The molecule has 1 nitrogen and oxygen atoms in total. The number of halogens is 2. The van der Waals surface area contributed by atoms with Gasteiger partial charge in [0.05, 0.1) is 0 Å². The molecule has 2 atom stereocenters. The third-order valence-corrected chi connectivity index (χ3v) is 4.13. The molecule has 1 aliphatic carbocycles. The summed E-state index contributed by atoms with van der Waals surface area (Å²) in [5.41, 5.74) is 6.32. The Labute approximate surface area is 107 Å². The predicted molar refractivity (Wildman–Crippen MR) is 69.2 cm³/mol. The van der Waals surface area contributed by atoms with Crippen LogP contribution in [0.1, 0.15) is 37.7 Å². The van der Waals surface area contributed by atoms with Gasteiger partial charge < -0.3 is 5.73 Å². The molecule has 0 aromatic heterocycles. The Hall–Kier alpha value is -0.960. The molecule has 2 unspecified atom stereocenters. The molecule has 2 N–H and O–H groups in total. The SMILES string of the molecule is NCC1CCCCCC1Cc1cccc(F)c1F. The summed E-state index contributed by atoms with van der Waals surface area (Å²) in [5, 5.41) is 0. The van der Waals surface area contributed by atoms with Gasteiger partial charge >= 0.3 is 0 Å². The Kier molecular flexibility index (Phi) is 4.70. The molecule has 0 saturated heterocycles. The van der Waals surface area contributed by atoms with Crippen LogP contribution in [0.15, 0.2) is 18.2 Å². The molecular weight excluding hydrogens is 232 g/mol.